The highest BCUT2D eigenvalue weighted by molar-refractivity contribution is 7.91. The number of H-pyrrole nitrogens is 1. The van der Waals surface area contributed by atoms with Crippen LogP contribution in [-0.2, 0) is 23.1 Å². The molecule has 0 amide bonds. The van der Waals surface area contributed by atoms with Gasteiger partial charge in [-0.05, 0) is 25.1 Å². The van der Waals surface area contributed by atoms with Crippen LogP contribution in [-0.4, -0.2) is 38.7 Å². The predicted octanol–water partition coefficient (Wildman–Crippen LogP) is 3.63. The van der Waals surface area contributed by atoms with Gasteiger partial charge in [0.05, 0.1) is 38.9 Å². The molecule has 0 spiro atoms. The maximum Gasteiger partial charge on any atom is 0.433 e. The van der Waals surface area contributed by atoms with Crippen LogP contribution in [0.25, 0.3) is 33.5 Å². The number of alkyl halides is 3. The minimum Gasteiger partial charge on any atom is -0.342 e. The minimum atomic E-state index is -4.60. The summed E-state index contributed by atoms with van der Waals surface area (Å²) in [5, 5.41) is 0. The van der Waals surface area contributed by atoms with Gasteiger partial charge in [-0.1, -0.05) is 6.92 Å². The fourth-order valence-corrected chi connectivity index (χ4v) is 4.32. The normalized spacial score (nSPS) is 12.9. The fraction of sp³-hybridized carbons (Fsp3) is 0.278. The van der Waals surface area contributed by atoms with Crippen LogP contribution in [0, 0.1) is 6.92 Å². The van der Waals surface area contributed by atoms with Crippen molar-refractivity contribution < 1.29 is 21.6 Å². The van der Waals surface area contributed by atoms with Crippen molar-refractivity contribution in [1.29, 1.82) is 0 Å². The van der Waals surface area contributed by atoms with Crippen LogP contribution in [0.15, 0.2) is 29.3 Å². The van der Waals surface area contributed by atoms with E-state index in [-0.39, 0.29) is 27.6 Å². The molecule has 29 heavy (non-hydrogen) atoms. The second-order valence-electron chi connectivity index (χ2n) is 6.64. The molecule has 0 saturated carbocycles. The van der Waals surface area contributed by atoms with Crippen molar-refractivity contribution in [3.63, 3.8) is 0 Å². The van der Waals surface area contributed by atoms with Gasteiger partial charge in [0.25, 0.3) is 0 Å². The first-order valence-corrected chi connectivity index (χ1v) is 10.3. The maximum absolute atomic E-state index is 13.0. The number of pyridine rings is 1. The number of benzene rings is 1. The second kappa shape index (κ2) is 6.28. The lowest BCUT2D eigenvalue weighted by Crippen LogP contribution is -2.07. The van der Waals surface area contributed by atoms with Crippen molar-refractivity contribution in [2.24, 2.45) is 7.05 Å². The van der Waals surface area contributed by atoms with Gasteiger partial charge in [0.15, 0.2) is 9.84 Å². The summed E-state index contributed by atoms with van der Waals surface area (Å²) < 4.78 is 66.0. The Kier molecular flexibility index (Phi) is 4.19. The number of aryl methyl sites for hydroxylation is 2. The summed E-state index contributed by atoms with van der Waals surface area (Å²) in [5.41, 5.74) is 0.747. The molecule has 0 fully saturated rings. The molecule has 3 aromatic heterocycles. The molecule has 0 atom stereocenters. The number of aromatic amines is 1. The molecule has 152 valence electrons. The van der Waals surface area contributed by atoms with Gasteiger partial charge in [-0.3, -0.25) is 0 Å². The van der Waals surface area contributed by atoms with E-state index >= 15 is 0 Å². The molecule has 0 saturated heterocycles. The monoisotopic (exact) mass is 423 g/mol. The Morgan fingerprint density at radius 1 is 1.14 bits per heavy atom. The van der Waals surface area contributed by atoms with Crippen LogP contribution in [0.4, 0.5) is 13.2 Å². The van der Waals surface area contributed by atoms with Crippen LogP contribution < -0.4 is 0 Å². The van der Waals surface area contributed by atoms with Crippen LogP contribution in [0.5, 0.6) is 0 Å². The second-order valence-corrected chi connectivity index (χ2v) is 8.89. The molecule has 0 aliphatic carbocycles. The van der Waals surface area contributed by atoms with Gasteiger partial charge in [-0.2, -0.15) is 13.2 Å². The van der Waals surface area contributed by atoms with E-state index in [1.54, 1.807) is 20.0 Å². The lowest BCUT2D eigenvalue weighted by atomic mass is 10.2. The Labute approximate surface area is 163 Å². The Balaban J connectivity index is 2.04. The quantitative estimate of drug-likeness (QED) is 0.543. The van der Waals surface area contributed by atoms with Gasteiger partial charge in [-0.15, -0.1) is 0 Å². The largest absolute Gasteiger partial charge is 0.433 e. The summed E-state index contributed by atoms with van der Waals surface area (Å²) in [5.74, 6) is 0.696. The number of imidazole rings is 2. The number of hydrogen-bond acceptors (Lipinski definition) is 5. The van der Waals surface area contributed by atoms with Crippen molar-refractivity contribution in [2.75, 3.05) is 5.75 Å². The van der Waals surface area contributed by atoms with Gasteiger partial charge in [-0.25, -0.2) is 23.4 Å². The Morgan fingerprint density at radius 3 is 2.52 bits per heavy atom. The lowest BCUT2D eigenvalue weighted by Gasteiger charge is -2.10. The van der Waals surface area contributed by atoms with E-state index in [0.717, 1.165) is 12.3 Å². The van der Waals surface area contributed by atoms with E-state index in [4.69, 9.17) is 0 Å². The molecule has 0 unspecified atom stereocenters. The van der Waals surface area contributed by atoms with E-state index in [1.807, 2.05) is 0 Å². The van der Waals surface area contributed by atoms with Crippen LogP contribution in [0.3, 0.4) is 0 Å². The van der Waals surface area contributed by atoms with Gasteiger partial charge < -0.3 is 9.55 Å². The van der Waals surface area contributed by atoms with E-state index in [2.05, 4.69) is 19.9 Å². The van der Waals surface area contributed by atoms with Crippen molar-refractivity contribution >= 4 is 31.9 Å². The van der Waals surface area contributed by atoms with E-state index < -0.39 is 21.7 Å². The van der Waals surface area contributed by atoms with Gasteiger partial charge in [0, 0.05) is 12.6 Å². The molecule has 11 heteroatoms. The zero-order chi connectivity index (χ0) is 21.1. The van der Waals surface area contributed by atoms with Crippen molar-refractivity contribution in [3.8, 4) is 11.4 Å². The minimum absolute atomic E-state index is 0.0291. The molecule has 0 aliphatic heterocycles. The van der Waals surface area contributed by atoms with E-state index in [1.165, 1.54) is 17.6 Å². The van der Waals surface area contributed by atoms with Crippen molar-refractivity contribution in [1.82, 2.24) is 24.5 Å². The molecule has 0 aliphatic rings. The van der Waals surface area contributed by atoms with Gasteiger partial charge >= 0.3 is 6.18 Å². The van der Waals surface area contributed by atoms with Crippen LogP contribution in [0.1, 0.15) is 18.4 Å². The van der Waals surface area contributed by atoms with Crippen LogP contribution in [0.2, 0.25) is 0 Å². The molecule has 3 heterocycles. The Bertz CT molecular complexity index is 1370. The average Bonchev–Trinajstić information content (AvgIpc) is 3.18. The molecule has 0 bridgehead atoms. The summed E-state index contributed by atoms with van der Waals surface area (Å²) in [6, 6.07) is 3.93. The zero-order valence-corrected chi connectivity index (χ0v) is 16.5. The first-order valence-electron chi connectivity index (χ1n) is 8.64. The average molecular weight is 423 g/mol. The van der Waals surface area contributed by atoms with E-state index in [9.17, 15) is 21.6 Å². The molecule has 7 nitrogen and oxygen atoms in total. The lowest BCUT2D eigenvalue weighted by molar-refractivity contribution is -0.141. The molecular weight excluding hydrogens is 407 g/mol. The van der Waals surface area contributed by atoms with E-state index in [0.29, 0.717) is 22.4 Å². The third kappa shape index (κ3) is 3.15. The van der Waals surface area contributed by atoms with Crippen LogP contribution >= 0.6 is 0 Å². The molecule has 1 N–H and O–H groups in total. The molecule has 4 rings (SSSR count). The van der Waals surface area contributed by atoms with Crippen molar-refractivity contribution in [2.45, 2.75) is 24.9 Å². The van der Waals surface area contributed by atoms with Gasteiger partial charge in [0.1, 0.15) is 17.3 Å². The number of nitrogens with one attached hydrogen (secondary N) is 1. The summed E-state index contributed by atoms with van der Waals surface area (Å²) in [4.78, 5) is 15.1. The molecular formula is C18H16F3N5O2S. The summed E-state index contributed by atoms with van der Waals surface area (Å²) in [6.45, 7) is 3.26. The number of nitrogens with zero attached hydrogens (tertiary/aromatic N) is 4. The number of hydrogen-bond donors (Lipinski definition) is 1. The standard InChI is InChI=1S/C18H16F3N5O2S/c1-4-29(27,28)15-6-12-11(23-9(2)24-12)5-10(15)17-25-13-7-16(18(19,20)21)22-8-14(13)26(17)3/h5-8H,4H2,1-3H3,(H,23,24). The molecule has 4 aromatic rings. The van der Waals surface area contributed by atoms with Gasteiger partial charge in [0.2, 0.25) is 0 Å². The molecule has 0 radical (unpaired) electrons. The number of rotatable bonds is 3. The highest BCUT2D eigenvalue weighted by Gasteiger charge is 2.33. The SMILES string of the molecule is CCS(=O)(=O)c1cc2nc(C)[nH]c2cc1-c1nc2cc(C(F)(F)F)ncc2n1C. The third-order valence-corrected chi connectivity index (χ3v) is 6.48. The molecule has 1 aromatic carbocycles. The summed E-state index contributed by atoms with van der Waals surface area (Å²) >= 11 is 0. The van der Waals surface area contributed by atoms with Crippen molar-refractivity contribution in [3.05, 3.63) is 35.9 Å². The highest BCUT2D eigenvalue weighted by atomic mass is 32.2. The first-order chi connectivity index (χ1) is 13.5. The smallest absolute Gasteiger partial charge is 0.342 e. The Morgan fingerprint density at radius 2 is 1.86 bits per heavy atom. The first kappa shape index (κ1) is 19.4. The predicted molar refractivity (Wildman–Crippen MR) is 101 cm³/mol. The third-order valence-electron chi connectivity index (χ3n) is 4.72. The Hall–Kier alpha value is -2.95. The maximum atomic E-state index is 13.0. The zero-order valence-electron chi connectivity index (χ0n) is 15.7. The summed E-state index contributed by atoms with van der Waals surface area (Å²) in [6.07, 6.45) is -3.52. The number of aromatic nitrogens is 5. The highest BCUT2D eigenvalue weighted by Crippen LogP contribution is 2.34. The fourth-order valence-electron chi connectivity index (χ4n) is 3.24. The summed E-state index contributed by atoms with van der Waals surface area (Å²) in [7, 11) is -2.05. The topological polar surface area (TPSA) is 93.5 Å². The number of sulfone groups is 1. The number of fused-ring (bicyclic) bond motifs is 2. The number of halogens is 3.